The first-order valence-corrected chi connectivity index (χ1v) is 8.23. The summed E-state index contributed by atoms with van der Waals surface area (Å²) in [6, 6.07) is 14.1. The number of halogens is 2. The third-order valence-corrected chi connectivity index (χ3v) is 4.49. The average Bonchev–Trinajstić information content (AvgIpc) is 2.59. The summed E-state index contributed by atoms with van der Waals surface area (Å²) in [5, 5.41) is 4.98. The first-order chi connectivity index (χ1) is 11.9. The average molecular weight is 357 g/mol. The Morgan fingerprint density at radius 3 is 2.48 bits per heavy atom. The van der Waals surface area contributed by atoms with Crippen LogP contribution in [0.2, 0.25) is 5.02 Å². The number of fused-ring (bicyclic) bond motifs is 1. The molecular formula is C20H18ClFN2O. The smallest absolute Gasteiger partial charge is 0.253 e. The second-order valence-corrected chi connectivity index (χ2v) is 6.46. The van der Waals surface area contributed by atoms with Crippen LogP contribution in [-0.4, -0.2) is 24.9 Å². The predicted molar refractivity (Wildman–Crippen MR) is 101 cm³/mol. The minimum Gasteiger partial charge on any atom is -0.354 e. The van der Waals surface area contributed by atoms with E-state index in [1.807, 2.05) is 31.2 Å². The Kier molecular flexibility index (Phi) is 4.64. The van der Waals surface area contributed by atoms with Crippen LogP contribution in [0.1, 0.15) is 15.9 Å². The van der Waals surface area contributed by atoms with Gasteiger partial charge in [-0.3, -0.25) is 4.79 Å². The van der Waals surface area contributed by atoms with E-state index >= 15 is 0 Å². The van der Waals surface area contributed by atoms with E-state index in [9.17, 15) is 9.18 Å². The van der Waals surface area contributed by atoms with E-state index < -0.39 is 5.82 Å². The highest BCUT2D eigenvalue weighted by Gasteiger charge is 2.16. The molecule has 3 rings (SSSR count). The molecule has 128 valence electrons. The number of hydrogen-bond donors (Lipinski definition) is 1. The first kappa shape index (κ1) is 17.2. The lowest BCUT2D eigenvalue weighted by atomic mass is 9.97. The second-order valence-electron chi connectivity index (χ2n) is 6.08. The molecule has 0 heterocycles. The zero-order chi connectivity index (χ0) is 18.1. The van der Waals surface area contributed by atoms with Gasteiger partial charge in [0.15, 0.2) is 0 Å². The topological polar surface area (TPSA) is 32.3 Å². The lowest BCUT2D eigenvalue weighted by Gasteiger charge is -2.17. The van der Waals surface area contributed by atoms with Crippen molar-refractivity contribution in [3.8, 4) is 0 Å². The second kappa shape index (κ2) is 6.73. The van der Waals surface area contributed by atoms with Gasteiger partial charge in [-0.05, 0) is 42.1 Å². The largest absolute Gasteiger partial charge is 0.354 e. The molecule has 0 radical (unpaired) electrons. The fourth-order valence-electron chi connectivity index (χ4n) is 2.86. The Morgan fingerprint density at radius 1 is 1.04 bits per heavy atom. The van der Waals surface area contributed by atoms with Crippen LogP contribution in [0.25, 0.3) is 10.8 Å². The normalized spacial score (nSPS) is 10.8. The summed E-state index contributed by atoms with van der Waals surface area (Å²) >= 11 is 6.05. The number of nitrogens with one attached hydrogen (secondary N) is 1. The van der Waals surface area contributed by atoms with Gasteiger partial charge in [-0.25, -0.2) is 4.39 Å². The number of benzene rings is 3. The molecule has 3 aromatic carbocycles. The van der Waals surface area contributed by atoms with Crippen molar-refractivity contribution < 1.29 is 9.18 Å². The van der Waals surface area contributed by atoms with Crippen molar-refractivity contribution in [1.82, 2.24) is 4.90 Å². The van der Waals surface area contributed by atoms with Gasteiger partial charge in [-0.2, -0.15) is 0 Å². The molecule has 0 fully saturated rings. The lowest BCUT2D eigenvalue weighted by Crippen LogP contribution is -2.22. The number of amides is 1. The maximum absolute atomic E-state index is 13.7. The highest BCUT2D eigenvalue weighted by molar-refractivity contribution is 6.33. The molecular weight excluding hydrogens is 339 g/mol. The summed E-state index contributed by atoms with van der Waals surface area (Å²) in [7, 11) is 3.45. The quantitative estimate of drug-likeness (QED) is 0.682. The van der Waals surface area contributed by atoms with Crippen molar-refractivity contribution in [2.45, 2.75) is 6.92 Å². The fraction of sp³-hybridized carbons (Fsp3) is 0.150. The Balaban J connectivity index is 2.18. The third kappa shape index (κ3) is 3.17. The van der Waals surface area contributed by atoms with Crippen LogP contribution in [0.3, 0.4) is 0 Å². The van der Waals surface area contributed by atoms with Crippen LogP contribution in [0.5, 0.6) is 0 Å². The van der Waals surface area contributed by atoms with Gasteiger partial charge >= 0.3 is 0 Å². The van der Waals surface area contributed by atoms with E-state index in [0.29, 0.717) is 11.3 Å². The van der Waals surface area contributed by atoms with Gasteiger partial charge in [-0.1, -0.05) is 35.9 Å². The number of rotatable bonds is 3. The molecule has 0 aliphatic rings. The Labute approximate surface area is 151 Å². The SMILES string of the molecule is Cc1cccc2c(Nc3cccc(F)c3Cl)ccc(C(=O)N(C)C)c12. The van der Waals surface area contributed by atoms with Crippen molar-refractivity contribution in [3.63, 3.8) is 0 Å². The number of carbonyl (C=O) groups excluding carboxylic acids is 1. The summed E-state index contributed by atoms with van der Waals surface area (Å²) in [6.45, 7) is 1.97. The van der Waals surface area contributed by atoms with Gasteiger partial charge in [0.25, 0.3) is 5.91 Å². The van der Waals surface area contributed by atoms with Crippen molar-refractivity contribution in [2.24, 2.45) is 0 Å². The van der Waals surface area contributed by atoms with Crippen LogP contribution in [-0.2, 0) is 0 Å². The van der Waals surface area contributed by atoms with E-state index in [1.165, 1.54) is 6.07 Å². The number of nitrogens with zero attached hydrogens (tertiary/aromatic N) is 1. The molecule has 25 heavy (non-hydrogen) atoms. The van der Waals surface area contributed by atoms with Gasteiger partial charge in [-0.15, -0.1) is 0 Å². The van der Waals surface area contributed by atoms with Crippen LogP contribution in [0.15, 0.2) is 48.5 Å². The van der Waals surface area contributed by atoms with Gasteiger partial charge in [0.05, 0.1) is 10.7 Å². The number of anilines is 2. The maximum atomic E-state index is 13.7. The summed E-state index contributed by atoms with van der Waals surface area (Å²) in [5.41, 5.74) is 2.88. The van der Waals surface area contributed by atoms with Crippen molar-refractivity contribution in [3.05, 3.63) is 70.5 Å². The van der Waals surface area contributed by atoms with Crippen LogP contribution in [0.4, 0.5) is 15.8 Å². The van der Waals surface area contributed by atoms with Crippen molar-refractivity contribution >= 4 is 39.7 Å². The highest BCUT2D eigenvalue weighted by Crippen LogP contribution is 2.34. The molecule has 0 aromatic heterocycles. The van der Waals surface area contributed by atoms with Gasteiger partial charge < -0.3 is 10.2 Å². The first-order valence-electron chi connectivity index (χ1n) is 7.85. The van der Waals surface area contributed by atoms with Crippen LogP contribution < -0.4 is 5.32 Å². The molecule has 3 nitrogen and oxygen atoms in total. The highest BCUT2D eigenvalue weighted by atomic mass is 35.5. The number of aryl methyl sites for hydroxylation is 1. The minimum absolute atomic E-state index is 0.0387. The molecule has 0 spiro atoms. The van der Waals surface area contributed by atoms with Crippen LogP contribution in [0, 0.1) is 12.7 Å². The molecule has 0 aliphatic carbocycles. The molecule has 0 aliphatic heterocycles. The molecule has 1 amide bonds. The van der Waals surface area contributed by atoms with E-state index in [4.69, 9.17) is 11.6 Å². The van der Waals surface area contributed by atoms with E-state index in [1.54, 1.807) is 37.2 Å². The molecule has 0 unspecified atom stereocenters. The van der Waals surface area contributed by atoms with E-state index in [2.05, 4.69) is 5.32 Å². The predicted octanol–water partition coefficient (Wildman–Crippen LogP) is 5.39. The maximum Gasteiger partial charge on any atom is 0.253 e. The van der Waals surface area contributed by atoms with E-state index in [0.717, 1.165) is 22.0 Å². The lowest BCUT2D eigenvalue weighted by molar-refractivity contribution is 0.0829. The summed E-state index contributed by atoms with van der Waals surface area (Å²) in [6.07, 6.45) is 0. The monoisotopic (exact) mass is 356 g/mol. The van der Waals surface area contributed by atoms with Crippen LogP contribution >= 0.6 is 11.6 Å². The molecule has 5 heteroatoms. The summed E-state index contributed by atoms with van der Waals surface area (Å²) in [5.74, 6) is -0.541. The third-order valence-electron chi connectivity index (χ3n) is 4.11. The van der Waals surface area contributed by atoms with E-state index in [-0.39, 0.29) is 10.9 Å². The van der Waals surface area contributed by atoms with Gasteiger partial charge in [0, 0.05) is 30.7 Å². The van der Waals surface area contributed by atoms with Gasteiger partial charge in [0.2, 0.25) is 0 Å². The zero-order valence-electron chi connectivity index (χ0n) is 14.2. The standard InChI is InChI=1S/C20H18ClFN2O/c1-12-6-4-7-13-16(23-17-9-5-8-15(22)19(17)21)11-10-14(18(12)13)20(25)24(2)3/h4-11,23H,1-3H3. The molecule has 0 bridgehead atoms. The molecule has 0 saturated heterocycles. The summed E-state index contributed by atoms with van der Waals surface area (Å²) < 4.78 is 13.7. The molecule has 0 saturated carbocycles. The van der Waals surface area contributed by atoms with Gasteiger partial charge in [0.1, 0.15) is 5.82 Å². The minimum atomic E-state index is -0.480. The number of carbonyl (C=O) groups is 1. The fourth-order valence-corrected chi connectivity index (χ4v) is 3.04. The van der Waals surface area contributed by atoms with Crippen molar-refractivity contribution in [2.75, 3.05) is 19.4 Å². The molecule has 1 N–H and O–H groups in total. The Morgan fingerprint density at radius 2 is 1.76 bits per heavy atom. The Hall–Kier alpha value is -2.59. The summed E-state index contributed by atoms with van der Waals surface area (Å²) in [4.78, 5) is 14.1. The van der Waals surface area contributed by atoms with Crippen molar-refractivity contribution in [1.29, 1.82) is 0 Å². The Bertz CT molecular complexity index is 969. The zero-order valence-corrected chi connectivity index (χ0v) is 15.0. The number of hydrogen-bond acceptors (Lipinski definition) is 2. The molecule has 3 aromatic rings. The molecule has 0 atom stereocenters.